The predicted molar refractivity (Wildman–Crippen MR) is 38.6 cm³/mol. The molecule has 0 spiro atoms. The molecule has 2 heteroatoms. The largest absolute Gasteiger partial charge is 0.465 e. The van der Waals surface area contributed by atoms with Crippen LogP contribution in [0, 0.1) is 5.92 Å². The first-order valence-electron chi connectivity index (χ1n) is 3.94. The molecule has 0 aromatic heterocycles. The molecule has 0 radical (unpaired) electrons. The van der Waals surface area contributed by atoms with E-state index in [0.29, 0.717) is 18.9 Å². The molecule has 0 aliphatic carbocycles. The zero-order valence-corrected chi connectivity index (χ0v) is 6.43. The Labute approximate surface area is 61.6 Å². The minimum atomic E-state index is -0.0217. The summed E-state index contributed by atoms with van der Waals surface area (Å²) >= 11 is 0. The molecule has 1 fully saturated rings. The number of esters is 1. The Kier molecular flexibility index (Phi) is 2.72. The maximum Gasteiger partial charge on any atom is 0.305 e. The van der Waals surface area contributed by atoms with Crippen LogP contribution in [0.1, 0.15) is 32.6 Å². The van der Waals surface area contributed by atoms with Crippen LogP contribution in [0.25, 0.3) is 0 Å². The summed E-state index contributed by atoms with van der Waals surface area (Å²) in [7, 11) is 0. The number of carbonyl (C=O) groups is 1. The molecule has 0 aromatic carbocycles. The fourth-order valence-electron chi connectivity index (χ4n) is 1.15. The summed E-state index contributed by atoms with van der Waals surface area (Å²) in [4.78, 5) is 10.8. The number of cyclic esters (lactones) is 1. The van der Waals surface area contributed by atoms with Gasteiger partial charge in [0.25, 0.3) is 0 Å². The van der Waals surface area contributed by atoms with E-state index in [9.17, 15) is 4.79 Å². The first kappa shape index (κ1) is 7.58. The standard InChI is InChI=1S/C8H14O2/c1-7-4-2-3-5-8(9)10-6-7/h7H,2-6H2,1H3/t7-/m0/s1. The summed E-state index contributed by atoms with van der Waals surface area (Å²) in [6.07, 6.45) is 4.00. The number of hydrogen-bond acceptors (Lipinski definition) is 2. The summed E-state index contributed by atoms with van der Waals surface area (Å²) < 4.78 is 4.96. The molecule has 1 aliphatic rings. The third kappa shape index (κ3) is 2.38. The van der Waals surface area contributed by atoms with E-state index in [1.807, 2.05) is 0 Å². The lowest BCUT2D eigenvalue weighted by molar-refractivity contribution is -0.145. The lowest BCUT2D eigenvalue weighted by Gasteiger charge is -2.14. The monoisotopic (exact) mass is 142 g/mol. The summed E-state index contributed by atoms with van der Waals surface area (Å²) in [5, 5.41) is 0. The van der Waals surface area contributed by atoms with E-state index in [1.165, 1.54) is 12.8 Å². The van der Waals surface area contributed by atoms with Gasteiger partial charge in [-0.25, -0.2) is 0 Å². The first-order valence-corrected chi connectivity index (χ1v) is 3.94. The number of carbonyl (C=O) groups excluding carboxylic acids is 1. The van der Waals surface area contributed by atoms with E-state index in [2.05, 4.69) is 6.92 Å². The Morgan fingerprint density at radius 1 is 1.50 bits per heavy atom. The Hall–Kier alpha value is -0.530. The summed E-state index contributed by atoms with van der Waals surface area (Å²) in [6.45, 7) is 2.75. The molecule has 0 amide bonds. The smallest absolute Gasteiger partial charge is 0.305 e. The van der Waals surface area contributed by atoms with Gasteiger partial charge in [-0.3, -0.25) is 4.79 Å². The molecule has 10 heavy (non-hydrogen) atoms. The minimum absolute atomic E-state index is 0.0217. The van der Waals surface area contributed by atoms with Gasteiger partial charge in [0.2, 0.25) is 0 Å². The van der Waals surface area contributed by atoms with E-state index in [4.69, 9.17) is 4.74 Å². The highest BCUT2D eigenvalue weighted by Crippen LogP contribution is 2.13. The molecule has 2 nitrogen and oxygen atoms in total. The van der Waals surface area contributed by atoms with Crippen LogP contribution in [-0.4, -0.2) is 12.6 Å². The van der Waals surface area contributed by atoms with Crippen LogP contribution in [0.15, 0.2) is 0 Å². The van der Waals surface area contributed by atoms with E-state index >= 15 is 0 Å². The Balaban J connectivity index is 2.29. The molecule has 1 rings (SSSR count). The first-order chi connectivity index (χ1) is 4.79. The molecule has 0 saturated carbocycles. The second-order valence-electron chi connectivity index (χ2n) is 3.03. The second kappa shape index (κ2) is 3.59. The van der Waals surface area contributed by atoms with Crippen molar-refractivity contribution in [2.24, 2.45) is 5.92 Å². The SMILES string of the molecule is C[C@H]1CCCCC(=O)OC1. The average Bonchev–Trinajstić information content (AvgIpc) is 1.90. The second-order valence-corrected chi connectivity index (χ2v) is 3.03. The van der Waals surface area contributed by atoms with E-state index in [-0.39, 0.29) is 5.97 Å². The van der Waals surface area contributed by atoms with Crippen molar-refractivity contribution >= 4 is 5.97 Å². The van der Waals surface area contributed by atoms with Crippen molar-refractivity contribution in [3.8, 4) is 0 Å². The molecular weight excluding hydrogens is 128 g/mol. The molecule has 0 bridgehead atoms. The highest BCUT2D eigenvalue weighted by Gasteiger charge is 2.10. The number of rotatable bonds is 0. The minimum Gasteiger partial charge on any atom is -0.465 e. The molecule has 1 aliphatic heterocycles. The van der Waals surface area contributed by atoms with Crippen LogP contribution in [-0.2, 0) is 9.53 Å². The number of hydrogen-bond donors (Lipinski definition) is 0. The van der Waals surface area contributed by atoms with Gasteiger partial charge < -0.3 is 4.74 Å². The van der Waals surface area contributed by atoms with Crippen LogP contribution in [0.2, 0.25) is 0 Å². The highest BCUT2D eigenvalue weighted by atomic mass is 16.5. The zero-order valence-electron chi connectivity index (χ0n) is 6.43. The maximum atomic E-state index is 10.8. The van der Waals surface area contributed by atoms with Crippen molar-refractivity contribution in [3.05, 3.63) is 0 Å². The van der Waals surface area contributed by atoms with Gasteiger partial charge in [0, 0.05) is 6.42 Å². The summed E-state index contributed by atoms with van der Waals surface area (Å²) in [5.74, 6) is 0.538. The van der Waals surface area contributed by atoms with Crippen molar-refractivity contribution in [1.29, 1.82) is 0 Å². The van der Waals surface area contributed by atoms with Crippen LogP contribution >= 0.6 is 0 Å². The van der Waals surface area contributed by atoms with Gasteiger partial charge in [0.05, 0.1) is 6.61 Å². The third-order valence-electron chi connectivity index (χ3n) is 1.86. The topological polar surface area (TPSA) is 26.3 Å². The van der Waals surface area contributed by atoms with Crippen molar-refractivity contribution < 1.29 is 9.53 Å². The average molecular weight is 142 g/mol. The van der Waals surface area contributed by atoms with Crippen molar-refractivity contribution in [3.63, 3.8) is 0 Å². The van der Waals surface area contributed by atoms with Crippen LogP contribution in [0.5, 0.6) is 0 Å². The molecule has 0 N–H and O–H groups in total. The van der Waals surface area contributed by atoms with Gasteiger partial charge in [0.15, 0.2) is 0 Å². The van der Waals surface area contributed by atoms with Crippen molar-refractivity contribution in [1.82, 2.24) is 0 Å². The molecule has 1 heterocycles. The van der Waals surface area contributed by atoms with Crippen LogP contribution < -0.4 is 0 Å². The molecule has 0 unspecified atom stereocenters. The molecule has 1 atom stereocenters. The predicted octanol–water partition coefficient (Wildman–Crippen LogP) is 1.74. The molecule has 58 valence electrons. The lowest BCUT2D eigenvalue weighted by atomic mass is 10.0. The molecular formula is C8H14O2. The fourth-order valence-corrected chi connectivity index (χ4v) is 1.15. The third-order valence-corrected chi connectivity index (χ3v) is 1.86. The van der Waals surface area contributed by atoms with Crippen LogP contribution in [0.4, 0.5) is 0 Å². The normalized spacial score (nSPS) is 28.5. The maximum absolute atomic E-state index is 10.8. The van der Waals surface area contributed by atoms with Gasteiger partial charge in [-0.1, -0.05) is 13.3 Å². The Morgan fingerprint density at radius 2 is 2.30 bits per heavy atom. The van der Waals surface area contributed by atoms with Gasteiger partial charge in [0.1, 0.15) is 0 Å². The van der Waals surface area contributed by atoms with Gasteiger partial charge in [-0.05, 0) is 18.8 Å². The van der Waals surface area contributed by atoms with Crippen LogP contribution in [0.3, 0.4) is 0 Å². The van der Waals surface area contributed by atoms with E-state index in [0.717, 1.165) is 6.42 Å². The highest BCUT2D eigenvalue weighted by molar-refractivity contribution is 5.69. The Bertz CT molecular complexity index is 120. The van der Waals surface area contributed by atoms with Crippen molar-refractivity contribution in [2.75, 3.05) is 6.61 Å². The van der Waals surface area contributed by atoms with Gasteiger partial charge in [-0.15, -0.1) is 0 Å². The zero-order chi connectivity index (χ0) is 7.40. The van der Waals surface area contributed by atoms with Gasteiger partial charge >= 0.3 is 5.97 Å². The number of ether oxygens (including phenoxy) is 1. The quantitative estimate of drug-likeness (QED) is 0.481. The fraction of sp³-hybridized carbons (Fsp3) is 0.875. The summed E-state index contributed by atoms with van der Waals surface area (Å²) in [6, 6.07) is 0. The van der Waals surface area contributed by atoms with E-state index < -0.39 is 0 Å². The van der Waals surface area contributed by atoms with Crippen molar-refractivity contribution in [2.45, 2.75) is 32.6 Å². The molecule has 1 saturated heterocycles. The summed E-state index contributed by atoms with van der Waals surface area (Å²) in [5.41, 5.74) is 0. The Morgan fingerprint density at radius 3 is 3.10 bits per heavy atom. The lowest BCUT2D eigenvalue weighted by Crippen LogP contribution is -2.14. The molecule has 0 aromatic rings. The van der Waals surface area contributed by atoms with Gasteiger partial charge in [-0.2, -0.15) is 0 Å². The van der Waals surface area contributed by atoms with E-state index in [1.54, 1.807) is 0 Å².